The van der Waals surface area contributed by atoms with E-state index in [-0.39, 0.29) is 17.7 Å². The maximum absolute atomic E-state index is 13.4. The Morgan fingerprint density at radius 1 is 1.22 bits per heavy atom. The number of hydrogen-bond donors (Lipinski definition) is 2. The van der Waals surface area contributed by atoms with Gasteiger partial charge in [0.15, 0.2) is 5.78 Å². The molecule has 1 aromatic carbocycles. The van der Waals surface area contributed by atoms with E-state index in [2.05, 4.69) is 10.6 Å². The van der Waals surface area contributed by atoms with Crippen molar-refractivity contribution in [1.29, 1.82) is 0 Å². The molecule has 2 aliphatic rings. The van der Waals surface area contributed by atoms with Gasteiger partial charge in [0, 0.05) is 16.1 Å². The molecule has 2 heterocycles. The number of thiophene rings is 1. The molecular weight excluding hydrogens is 384 g/mol. The largest absolute Gasteiger partial charge is 0.468 e. The van der Waals surface area contributed by atoms with Crippen molar-refractivity contribution < 1.29 is 14.3 Å². The van der Waals surface area contributed by atoms with Crippen molar-refractivity contribution in [3.63, 3.8) is 0 Å². The van der Waals surface area contributed by atoms with Gasteiger partial charge in [-0.05, 0) is 36.6 Å². The van der Waals surface area contributed by atoms with Crippen LogP contribution in [0.4, 0.5) is 11.4 Å². The quantitative estimate of drug-likeness (QED) is 0.566. The number of rotatable bonds is 2. The second-order valence-electron chi connectivity index (χ2n) is 6.83. The molecule has 2 N–H and O–H groups in total. The van der Waals surface area contributed by atoms with Crippen molar-refractivity contribution in [2.24, 2.45) is 11.8 Å². The van der Waals surface area contributed by atoms with Gasteiger partial charge < -0.3 is 15.4 Å². The number of allylic oxidation sites excluding steroid dienone is 1. The molecule has 2 aromatic rings. The van der Waals surface area contributed by atoms with Gasteiger partial charge in [-0.2, -0.15) is 0 Å². The van der Waals surface area contributed by atoms with Gasteiger partial charge in [0.2, 0.25) is 0 Å². The molecule has 0 radical (unpaired) electrons. The molecule has 1 aromatic heterocycles. The fraction of sp³-hybridized carbons (Fsp3) is 0.300. The number of halogens is 1. The first-order valence-corrected chi connectivity index (χ1v) is 9.92. The van der Waals surface area contributed by atoms with Gasteiger partial charge >= 0.3 is 5.97 Å². The molecule has 0 amide bonds. The Kier molecular flexibility index (Phi) is 4.70. The van der Waals surface area contributed by atoms with Crippen LogP contribution in [0, 0.1) is 11.8 Å². The lowest BCUT2D eigenvalue weighted by molar-refractivity contribution is -0.151. The second-order valence-corrected chi connectivity index (χ2v) is 8.58. The van der Waals surface area contributed by atoms with E-state index < -0.39 is 11.9 Å². The highest BCUT2D eigenvalue weighted by Gasteiger charge is 2.44. The monoisotopic (exact) mass is 402 g/mol. The average molecular weight is 403 g/mol. The number of anilines is 2. The summed E-state index contributed by atoms with van der Waals surface area (Å²) >= 11 is 7.58. The summed E-state index contributed by atoms with van der Waals surface area (Å²) in [5, 5.41) is 6.89. The molecule has 4 rings (SSSR count). The first-order valence-electron chi connectivity index (χ1n) is 8.72. The number of fused-ring (bicyclic) bond motifs is 1. The van der Waals surface area contributed by atoms with Gasteiger partial charge in [0.05, 0.1) is 28.9 Å². The summed E-state index contributed by atoms with van der Waals surface area (Å²) in [5.74, 6) is -1.62. The van der Waals surface area contributed by atoms with E-state index in [0.29, 0.717) is 16.3 Å². The normalized spacial score (nSPS) is 24.3. The first-order chi connectivity index (χ1) is 13.0. The first kappa shape index (κ1) is 18.1. The van der Waals surface area contributed by atoms with Crippen LogP contribution in [0.5, 0.6) is 0 Å². The van der Waals surface area contributed by atoms with Gasteiger partial charge in [-0.15, -0.1) is 11.3 Å². The van der Waals surface area contributed by atoms with Crippen LogP contribution in [0.15, 0.2) is 47.7 Å². The molecule has 1 aliphatic heterocycles. The number of carbonyl (C=O) groups is 2. The Balaban J connectivity index is 1.86. The SMILES string of the molecule is COC(=O)[C@H]1C(=O)C2=C(C[C@@H]1C)Nc1ccccc1N[C@@H]2c1ccc(Cl)s1. The Morgan fingerprint density at radius 3 is 2.63 bits per heavy atom. The minimum atomic E-state index is -0.795. The molecule has 140 valence electrons. The number of benzene rings is 1. The molecule has 27 heavy (non-hydrogen) atoms. The van der Waals surface area contributed by atoms with E-state index >= 15 is 0 Å². The van der Waals surface area contributed by atoms with E-state index in [1.807, 2.05) is 43.3 Å². The third-order valence-electron chi connectivity index (χ3n) is 5.10. The lowest BCUT2D eigenvalue weighted by Crippen LogP contribution is -2.39. The predicted molar refractivity (Wildman–Crippen MR) is 107 cm³/mol. The van der Waals surface area contributed by atoms with E-state index in [4.69, 9.17) is 16.3 Å². The van der Waals surface area contributed by atoms with Gasteiger partial charge in [0.25, 0.3) is 0 Å². The van der Waals surface area contributed by atoms with Crippen LogP contribution in [0.2, 0.25) is 4.34 Å². The summed E-state index contributed by atoms with van der Waals surface area (Å²) in [7, 11) is 1.32. The third kappa shape index (κ3) is 3.13. The van der Waals surface area contributed by atoms with Crippen LogP contribution in [-0.2, 0) is 14.3 Å². The average Bonchev–Trinajstić information content (AvgIpc) is 3.00. The number of nitrogens with one attached hydrogen (secondary N) is 2. The maximum atomic E-state index is 13.4. The molecule has 0 bridgehead atoms. The van der Waals surface area contributed by atoms with Crippen LogP contribution < -0.4 is 10.6 Å². The predicted octanol–water partition coefficient (Wildman–Crippen LogP) is 4.63. The van der Waals surface area contributed by atoms with Gasteiger partial charge in [-0.1, -0.05) is 30.7 Å². The Bertz CT molecular complexity index is 952. The van der Waals surface area contributed by atoms with E-state index in [1.54, 1.807) is 0 Å². The summed E-state index contributed by atoms with van der Waals surface area (Å²) in [5.41, 5.74) is 3.24. The summed E-state index contributed by atoms with van der Waals surface area (Å²) in [4.78, 5) is 26.6. The summed E-state index contributed by atoms with van der Waals surface area (Å²) < 4.78 is 5.56. The van der Waals surface area contributed by atoms with E-state index in [0.717, 1.165) is 21.9 Å². The van der Waals surface area contributed by atoms with Crippen molar-refractivity contribution in [2.75, 3.05) is 17.7 Å². The van der Waals surface area contributed by atoms with Crippen molar-refractivity contribution in [1.82, 2.24) is 0 Å². The van der Waals surface area contributed by atoms with Gasteiger partial charge in [-0.25, -0.2) is 0 Å². The summed E-state index contributed by atoms with van der Waals surface area (Å²) in [6.45, 7) is 1.91. The van der Waals surface area contributed by atoms with E-state index in [1.165, 1.54) is 18.4 Å². The van der Waals surface area contributed by atoms with Crippen LogP contribution >= 0.6 is 22.9 Å². The van der Waals surface area contributed by atoms with Gasteiger partial charge in [-0.3, -0.25) is 9.59 Å². The number of ether oxygens (including phenoxy) is 1. The molecule has 0 saturated heterocycles. The molecule has 0 unspecified atom stereocenters. The topological polar surface area (TPSA) is 67.4 Å². The molecule has 5 nitrogen and oxygen atoms in total. The van der Waals surface area contributed by atoms with Crippen molar-refractivity contribution in [3.05, 3.63) is 56.9 Å². The molecule has 0 spiro atoms. The van der Waals surface area contributed by atoms with Crippen LogP contribution in [0.1, 0.15) is 24.3 Å². The summed E-state index contributed by atoms with van der Waals surface area (Å²) in [6.07, 6.45) is 0.590. The second kappa shape index (κ2) is 7.02. The zero-order valence-electron chi connectivity index (χ0n) is 14.9. The van der Waals surface area contributed by atoms with Crippen molar-refractivity contribution >= 4 is 46.1 Å². The fourth-order valence-electron chi connectivity index (χ4n) is 3.83. The summed E-state index contributed by atoms with van der Waals surface area (Å²) in [6, 6.07) is 11.2. The maximum Gasteiger partial charge on any atom is 0.316 e. The molecule has 7 heteroatoms. The number of para-hydroxylation sites is 2. The Hall–Kier alpha value is -2.31. The standard InChI is InChI=1S/C20H19ClN2O3S/c1-10-9-13-17(19(24)16(10)20(25)26-2)18(14-7-8-15(21)27-14)23-12-6-4-3-5-11(12)22-13/h3-8,10,16,18,22-23H,9H2,1-2H3/t10-,16+,18+/m0/s1. The Morgan fingerprint density at radius 2 is 1.96 bits per heavy atom. The number of methoxy groups -OCH3 is 1. The Labute approximate surface area is 166 Å². The molecule has 3 atom stereocenters. The lowest BCUT2D eigenvalue weighted by Gasteiger charge is -2.32. The number of hydrogen-bond acceptors (Lipinski definition) is 6. The molecule has 1 aliphatic carbocycles. The fourth-order valence-corrected chi connectivity index (χ4v) is 4.95. The smallest absolute Gasteiger partial charge is 0.316 e. The highest BCUT2D eigenvalue weighted by molar-refractivity contribution is 7.16. The zero-order valence-corrected chi connectivity index (χ0v) is 16.5. The van der Waals surface area contributed by atoms with Crippen LogP contribution in [0.25, 0.3) is 0 Å². The third-order valence-corrected chi connectivity index (χ3v) is 6.40. The van der Waals surface area contributed by atoms with Crippen LogP contribution in [-0.4, -0.2) is 18.9 Å². The van der Waals surface area contributed by atoms with Crippen LogP contribution in [0.3, 0.4) is 0 Å². The highest BCUT2D eigenvalue weighted by Crippen LogP contribution is 2.45. The minimum Gasteiger partial charge on any atom is -0.468 e. The number of esters is 1. The lowest BCUT2D eigenvalue weighted by atomic mass is 9.75. The zero-order chi connectivity index (χ0) is 19.1. The van der Waals surface area contributed by atoms with Gasteiger partial charge in [0.1, 0.15) is 5.92 Å². The van der Waals surface area contributed by atoms with Crippen molar-refractivity contribution in [3.8, 4) is 0 Å². The van der Waals surface area contributed by atoms with Crippen molar-refractivity contribution in [2.45, 2.75) is 19.4 Å². The molecule has 0 fully saturated rings. The molecule has 0 saturated carbocycles. The number of Topliss-reactive ketones (excluding diaryl/α,β-unsaturated/α-hetero) is 1. The number of ketones is 1. The molecular formula is C20H19ClN2O3S. The highest BCUT2D eigenvalue weighted by atomic mass is 35.5. The van der Waals surface area contributed by atoms with E-state index in [9.17, 15) is 9.59 Å². The number of carbonyl (C=O) groups excluding carboxylic acids is 2. The minimum absolute atomic E-state index is 0.144.